The number of pyridine rings is 1. The predicted molar refractivity (Wildman–Crippen MR) is 96.5 cm³/mol. The van der Waals surface area contributed by atoms with E-state index in [9.17, 15) is 4.79 Å². The fourth-order valence-electron chi connectivity index (χ4n) is 3.55. The molecule has 3 nitrogen and oxygen atoms in total. The first-order valence-corrected chi connectivity index (χ1v) is 9.42. The van der Waals surface area contributed by atoms with Gasteiger partial charge in [-0.05, 0) is 48.4 Å². The Labute approximate surface area is 144 Å². The number of rotatable bonds is 2. The highest BCUT2D eigenvalue weighted by Gasteiger charge is 2.29. The highest BCUT2D eigenvalue weighted by Crippen LogP contribution is 2.40. The summed E-state index contributed by atoms with van der Waals surface area (Å²) in [5.74, 6) is 0.693. The molecule has 3 aromatic rings. The second-order valence-electron chi connectivity index (χ2n) is 6.73. The van der Waals surface area contributed by atoms with Gasteiger partial charge in [0.15, 0.2) is 0 Å². The quantitative estimate of drug-likeness (QED) is 0.697. The number of hydrogen-bond acceptors (Lipinski definition) is 3. The van der Waals surface area contributed by atoms with Crippen LogP contribution in [0.3, 0.4) is 0 Å². The Kier molecular flexibility index (Phi) is 3.20. The molecule has 1 saturated carbocycles. The first-order valence-electron chi connectivity index (χ1n) is 8.54. The number of hydrogen-bond donors (Lipinski definition) is 0. The van der Waals surface area contributed by atoms with Gasteiger partial charge in [0.2, 0.25) is 0 Å². The monoisotopic (exact) mass is 334 g/mol. The van der Waals surface area contributed by atoms with Crippen molar-refractivity contribution < 1.29 is 4.79 Å². The van der Waals surface area contributed by atoms with Gasteiger partial charge in [0.1, 0.15) is 0 Å². The van der Waals surface area contributed by atoms with Gasteiger partial charge in [-0.15, -0.1) is 11.3 Å². The Morgan fingerprint density at radius 3 is 2.96 bits per heavy atom. The number of benzene rings is 1. The summed E-state index contributed by atoms with van der Waals surface area (Å²) in [4.78, 5) is 21.4. The fraction of sp³-hybridized carbons (Fsp3) is 0.300. The molecule has 5 rings (SSSR count). The summed E-state index contributed by atoms with van der Waals surface area (Å²) < 4.78 is 0. The lowest BCUT2D eigenvalue weighted by atomic mass is 10.0. The number of aromatic nitrogens is 1. The topological polar surface area (TPSA) is 33.2 Å². The van der Waals surface area contributed by atoms with Crippen LogP contribution in [0, 0.1) is 0 Å². The summed E-state index contributed by atoms with van der Waals surface area (Å²) >= 11 is 1.80. The lowest BCUT2D eigenvalue weighted by molar-refractivity contribution is 0.0737. The lowest BCUT2D eigenvalue weighted by Crippen LogP contribution is -2.35. The molecule has 1 amide bonds. The van der Waals surface area contributed by atoms with Gasteiger partial charge in [0.25, 0.3) is 5.91 Å². The Bertz CT molecular complexity index is 942. The molecule has 3 heterocycles. The molecule has 1 aliphatic carbocycles. The molecule has 0 N–H and O–H groups in total. The molecule has 24 heavy (non-hydrogen) atoms. The van der Waals surface area contributed by atoms with E-state index >= 15 is 0 Å². The van der Waals surface area contributed by atoms with Gasteiger partial charge in [0, 0.05) is 35.0 Å². The van der Waals surface area contributed by atoms with E-state index in [1.54, 1.807) is 11.3 Å². The van der Waals surface area contributed by atoms with Crippen LogP contribution in [0.1, 0.15) is 45.3 Å². The van der Waals surface area contributed by atoms with E-state index in [1.807, 2.05) is 35.2 Å². The second-order valence-corrected chi connectivity index (χ2v) is 7.73. The van der Waals surface area contributed by atoms with E-state index in [-0.39, 0.29) is 5.91 Å². The third-order valence-corrected chi connectivity index (χ3v) is 6.08. The van der Waals surface area contributed by atoms with Crippen molar-refractivity contribution in [1.82, 2.24) is 9.88 Å². The first-order chi connectivity index (χ1) is 11.8. The van der Waals surface area contributed by atoms with E-state index in [0.29, 0.717) is 5.92 Å². The normalized spacial score (nSPS) is 17.1. The van der Waals surface area contributed by atoms with E-state index in [4.69, 9.17) is 4.98 Å². The van der Waals surface area contributed by atoms with Gasteiger partial charge in [0.05, 0.1) is 11.1 Å². The number of nitrogens with zero attached hydrogens (tertiary/aromatic N) is 2. The van der Waals surface area contributed by atoms with Gasteiger partial charge in [-0.25, -0.2) is 0 Å². The average Bonchev–Trinajstić information content (AvgIpc) is 3.37. The second kappa shape index (κ2) is 5.42. The molecular weight excluding hydrogens is 316 g/mol. The third-order valence-electron chi connectivity index (χ3n) is 5.06. The number of thiophene rings is 1. The van der Waals surface area contributed by atoms with Crippen molar-refractivity contribution in [2.75, 3.05) is 6.54 Å². The SMILES string of the molecule is O=C(c1cc(C2CC2)nc2ccccc12)N1CCc2sccc2C1. The largest absolute Gasteiger partial charge is 0.334 e. The van der Waals surface area contributed by atoms with Crippen molar-refractivity contribution in [3.63, 3.8) is 0 Å². The summed E-state index contributed by atoms with van der Waals surface area (Å²) in [6, 6.07) is 12.2. The van der Waals surface area contributed by atoms with Gasteiger partial charge in [-0.2, -0.15) is 0 Å². The van der Waals surface area contributed by atoms with Crippen LogP contribution in [0.25, 0.3) is 10.9 Å². The van der Waals surface area contributed by atoms with Crippen molar-refractivity contribution in [3.8, 4) is 0 Å². The van der Waals surface area contributed by atoms with Crippen LogP contribution >= 0.6 is 11.3 Å². The lowest BCUT2D eigenvalue weighted by Gasteiger charge is -2.27. The Morgan fingerprint density at radius 2 is 2.08 bits per heavy atom. The van der Waals surface area contributed by atoms with Crippen molar-refractivity contribution in [2.24, 2.45) is 0 Å². The Morgan fingerprint density at radius 1 is 1.21 bits per heavy atom. The number of carbonyl (C=O) groups is 1. The van der Waals surface area contributed by atoms with Crippen LogP contribution in [0.2, 0.25) is 0 Å². The van der Waals surface area contributed by atoms with E-state index in [2.05, 4.69) is 11.4 Å². The fourth-order valence-corrected chi connectivity index (χ4v) is 4.44. The molecule has 1 aliphatic heterocycles. The molecule has 0 radical (unpaired) electrons. The maximum absolute atomic E-state index is 13.2. The van der Waals surface area contributed by atoms with Crippen LogP contribution in [0.4, 0.5) is 0 Å². The molecule has 120 valence electrons. The molecule has 0 atom stereocenters. The maximum Gasteiger partial charge on any atom is 0.254 e. The zero-order chi connectivity index (χ0) is 16.1. The van der Waals surface area contributed by atoms with Crippen molar-refractivity contribution in [1.29, 1.82) is 0 Å². The molecule has 0 saturated heterocycles. The van der Waals surface area contributed by atoms with Gasteiger partial charge >= 0.3 is 0 Å². The minimum Gasteiger partial charge on any atom is -0.334 e. The standard InChI is InChI=1S/C20H18N2OS/c23-20(22-9-7-19-14(12-22)8-10-24-19)16-11-18(13-5-6-13)21-17-4-2-1-3-15(16)17/h1-4,8,10-11,13H,5-7,9,12H2. The molecule has 2 aliphatic rings. The molecule has 0 unspecified atom stereocenters. The summed E-state index contributed by atoms with van der Waals surface area (Å²) in [6.07, 6.45) is 3.36. The van der Waals surface area contributed by atoms with Crippen molar-refractivity contribution in [2.45, 2.75) is 31.7 Å². The minimum atomic E-state index is 0.146. The van der Waals surface area contributed by atoms with Gasteiger partial charge in [-0.1, -0.05) is 18.2 Å². The zero-order valence-corrected chi connectivity index (χ0v) is 14.2. The minimum absolute atomic E-state index is 0.146. The van der Waals surface area contributed by atoms with Crippen LogP contribution in [-0.4, -0.2) is 22.3 Å². The Balaban J connectivity index is 1.57. The smallest absolute Gasteiger partial charge is 0.254 e. The highest BCUT2D eigenvalue weighted by molar-refractivity contribution is 7.10. The average molecular weight is 334 g/mol. The maximum atomic E-state index is 13.2. The summed E-state index contributed by atoms with van der Waals surface area (Å²) in [5, 5.41) is 3.11. The molecule has 4 heteroatoms. The molecule has 0 bridgehead atoms. The van der Waals surface area contributed by atoms with Crippen molar-refractivity contribution >= 4 is 28.1 Å². The molecule has 0 spiro atoms. The molecule has 1 aromatic carbocycles. The molecular formula is C20H18N2OS. The summed E-state index contributed by atoms with van der Waals surface area (Å²) in [5.41, 5.74) is 4.16. The number of carbonyl (C=O) groups excluding carboxylic acids is 1. The Hall–Kier alpha value is -2.20. The van der Waals surface area contributed by atoms with Gasteiger partial charge in [-0.3, -0.25) is 9.78 Å². The van der Waals surface area contributed by atoms with Crippen LogP contribution < -0.4 is 0 Å². The molecule has 1 fully saturated rings. The van der Waals surface area contributed by atoms with Crippen LogP contribution in [0.5, 0.6) is 0 Å². The number of para-hydroxylation sites is 1. The zero-order valence-electron chi connectivity index (χ0n) is 13.4. The summed E-state index contributed by atoms with van der Waals surface area (Å²) in [7, 11) is 0. The third kappa shape index (κ3) is 2.33. The number of fused-ring (bicyclic) bond motifs is 2. The highest BCUT2D eigenvalue weighted by atomic mass is 32.1. The molecule has 2 aromatic heterocycles. The predicted octanol–water partition coefficient (Wildman–Crippen LogP) is 4.37. The van der Waals surface area contributed by atoms with Gasteiger partial charge < -0.3 is 4.90 Å². The van der Waals surface area contributed by atoms with Crippen molar-refractivity contribution in [3.05, 3.63) is 63.5 Å². The van der Waals surface area contributed by atoms with E-state index in [0.717, 1.165) is 41.7 Å². The van der Waals surface area contributed by atoms with Crippen LogP contribution in [0.15, 0.2) is 41.8 Å². The van der Waals surface area contributed by atoms with Crippen LogP contribution in [-0.2, 0) is 13.0 Å². The van der Waals surface area contributed by atoms with E-state index in [1.165, 1.54) is 23.3 Å². The number of amides is 1. The van der Waals surface area contributed by atoms with E-state index < -0.39 is 0 Å². The first kappa shape index (κ1) is 14.2. The summed E-state index contributed by atoms with van der Waals surface area (Å²) in [6.45, 7) is 1.54.